The molecule has 0 bridgehead atoms. The van der Waals surface area contributed by atoms with Gasteiger partial charge in [0, 0.05) is 13.2 Å². The number of rotatable bonds is 6. The van der Waals surface area contributed by atoms with Crippen LogP contribution in [-0.4, -0.2) is 38.2 Å². The van der Waals surface area contributed by atoms with Crippen LogP contribution in [-0.2, 0) is 14.8 Å². The summed E-state index contributed by atoms with van der Waals surface area (Å²) in [4.78, 5) is 10.2. The molecule has 8 heteroatoms. The molecular formula is C14H18FNO5S. The zero-order chi connectivity index (χ0) is 16.5. The maximum Gasteiger partial charge on any atom is 0.338 e. The fraction of sp³-hybridized carbons (Fsp3) is 0.500. The van der Waals surface area contributed by atoms with Crippen molar-refractivity contribution in [3.63, 3.8) is 0 Å². The normalized spacial score (nSPS) is 18.5. The van der Waals surface area contributed by atoms with Crippen molar-refractivity contribution in [2.75, 3.05) is 7.11 Å². The highest BCUT2D eigenvalue weighted by Gasteiger charge is 2.44. The first kappa shape index (κ1) is 16.9. The average molecular weight is 331 g/mol. The molecule has 2 N–H and O–H groups in total. The molecule has 2 rings (SSSR count). The molecule has 1 aliphatic carbocycles. The van der Waals surface area contributed by atoms with Gasteiger partial charge in [-0.2, -0.15) is 0 Å². The quantitative estimate of drug-likeness (QED) is 0.828. The van der Waals surface area contributed by atoms with E-state index in [9.17, 15) is 17.6 Å². The second kappa shape index (κ2) is 5.94. The van der Waals surface area contributed by atoms with Crippen molar-refractivity contribution in [3.8, 4) is 0 Å². The molecule has 0 heterocycles. The number of methoxy groups -OCH3 is 1. The number of aromatic carboxylic acids is 1. The molecule has 1 atom stereocenters. The van der Waals surface area contributed by atoms with Gasteiger partial charge in [-0.25, -0.2) is 22.3 Å². The van der Waals surface area contributed by atoms with Crippen molar-refractivity contribution in [1.29, 1.82) is 0 Å². The fourth-order valence-electron chi connectivity index (χ4n) is 2.63. The number of carbonyl (C=O) groups is 1. The van der Waals surface area contributed by atoms with E-state index in [1.54, 1.807) is 6.92 Å². The molecule has 1 fully saturated rings. The molecule has 6 nitrogen and oxygen atoms in total. The molecule has 1 aromatic rings. The molecule has 1 unspecified atom stereocenters. The Morgan fingerprint density at radius 2 is 2.09 bits per heavy atom. The molecule has 0 saturated heterocycles. The number of carboxylic acid groups (broad SMARTS) is 1. The van der Waals surface area contributed by atoms with E-state index >= 15 is 0 Å². The van der Waals surface area contributed by atoms with Crippen molar-refractivity contribution in [3.05, 3.63) is 29.6 Å². The molecule has 0 amide bonds. The lowest BCUT2D eigenvalue weighted by atomic mass is 9.75. The second-order valence-electron chi connectivity index (χ2n) is 5.39. The highest BCUT2D eigenvalue weighted by atomic mass is 32.2. The lowest BCUT2D eigenvalue weighted by Gasteiger charge is -2.45. The Balaban J connectivity index is 2.32. The maximum atomic E-state index is 14.1. The number of ether oxygens (including phenoxy) is 1. The highest BCUT2D eigenvalue weighted by molar-refractivity contribution is 7.89. The number of hydrogen-bond donors (Lipinski definition) is 2. The third-order valence-corrected chi connectivity index (χ3v) is 5.77. The lowest BCUT2D eigenvalue weighted by molar-refractivity contribution is -0.0895. The van der Waals surface area contributed by atoms with Gasteiger partial charge in [0.25, 0.3) is 0 Å². The summed E-state index contributed by atoms with van der Waals surface area (Å²) in [5, 5.41) is 8.88. The van der Waals surface area contributed by atoms with Crippen LogP contribution < -0.4 is 4.72 Å². The van der Waals surface area contributed by atoms with Crippen LogP contribution in [0.15, 0.2) is 23.1 Å². The van der Waals surface area contributed by atoms with E-state index in [0.29, 0.717) is 12.8 Å². The topological polar surface area (TPSA) is 92.7 Å². The molecule has 1 saturated carbocycles. The summed E-state index contributed by atoms with van der Waals surface area (Å²) in [6.45, 7) is 1.65. The summed E-state index contributed by atoms with van der Waals surface area (Å²) in [5.41, 5.74) is -1.27. The number of hydrogen-bond acceptors (Lipinski definition) is 4. The smallest absolute Gasteiger partial charge is 0.338 e. The van der Waals surface area contributed by atoms with Crippen molar-refractivity contribution < 1.29 is 27.4 Å². The molecule has 22 heavy (non-hydrogen) atoms. The van der Waals surface area contributed by atoms with Crippen LogP contribution in [0.2, 0.25) is 0 Å². The van der Waals surface area contributed by atoms with Crippen molar-refractivity contribution in [1.82, 2.24) is 4.72 Å². The third-order valence-electron chi connectivity index (χ3n) is 4.21. The molecule has 1 aromatic carbocycles. The lowest BCUT2D eigenvalue weighted by Crippen LogP contribution is -2.56. The standard InChI is InChI=1S/C14H18FNO5S/c1-9(14(21-2)7-4-8-14)16-22(19,20)11-6-3-5-10(12(11)15)13(17)18/h3,5-6,9,16H,4,7-8H2,1-2H3,(H,17,18). The van der Waals surface area contributed by atoms with Gasteiger partial charge in [-0.05, 0) is 38.3 Å². The van der Waals surface area contributed by atoms with Crippen LogP contribution in [0.3, 0.4) is 0 Å². The zero-order valence-corrected chi connectivity index (χ0v) is 13.1. The van der Waals surface area contributed by atoms with Gasteiger partial charge in [-0.3, -0.25) is 0 Å². The van der Waals surface area contributed by atoms with E-state index in [-0.39, 0.29) is 0 Å². The largest absolute Gasteiger partial charge is 0.478 e. The zero-order valence-electron chi connectivity index (χ0n) is 12.3. The molecule has 0 radical (unpaired) electrons. The minimum atomic E-state index is -4.18. The molecule has 0 aliphatic heterocycles. The Morgan fingerprint density at radius 3 is 2.55 bits per heavy atom. The van der Waals surface area contributed by atoms with Gasteiger partial charge >= 0.3 is 5.97 Å². The summed E-state index contributed by atoms with van der Waals surface area (Å²) >= 11 is 0. The number of carboxylic acids is 1. The average Bonchev–Trinajstić information content (AvgIpc) is 2.36. The minimum absolute atomic E-state index is 0.552. The van der Waals surface area contributed by atoms with Crippen LogP contribution in [0.5, 0.6) is 0 Å². The van der Waals surface area contributed by atoms with Gasteiger partial charge in [0.2, 0.25) is 10.0 Å². The summed E-state index contributed by atoms with van der Waals surface area (Å²) in [6.07, 6.45) is 2.36. The number of halogens is 1. The number of sulfonamides is 1. The van der Waals surface area contributed by atoms with Gasteiger partial charge in [0.05, 0.1) is 11.2 Å². The van der Waals surface area contributed by atoms with Crippen LogP contribution in [0.4, 0.5) is 4.39 Å². The first-order valence-electron chi connectivity index (χ1n) is 6.83. The van der Waals surface area contributed by atoms with Gasteiger partial charge in [-0.1, -0.05) is 6.07 Å². The summed E-state index contributed by atoms with van der Waals surface area (Å²) in [5.74, 6) is -2.79. The van der Waals surface area contributed by atoms with Gasteiger partial charge in [-0.15, -0.1) is 0 Å². The van der Waals surface area contributed by atoms with Gasteiger partial charge in [0.1, 0.15) is 4.90 Å². The van der Waals surface area contributed by atoms with E-state index in [2.05, 4.69) is 4.72 Å². The molecule has 0 spiro atoms. The van der Waals surface area contributed by atoms with E-state index < -0.39 is 43.9 Å². The van der Waals surface area contributed by atoms with E-state index in [1.165, 1.54) is 13.2 Å². The van der Waals surface area contributed by atoms with Crippen molar-refractivity contribution in [2.24, 2.45) is 0 Å². The monoisotopic (exact) mass is 331 g/mol. The molecular weight excluding hydrogens is 313 g/mol. The van der Waals surface area contributed by atoms with E-state index in [0.717, 1.165) is 18.6 Å². The summed E-state index contributed by atoms with van der Waals surface area (Å²) < 4.78 is 46.6. The maximum absolute atomic E-state index is 14.1. The SMILES string of the molecule is COC1(C(C)NS(=O)(=O)c2cccc(C(=O)O)c2F)CCC1. The van der Waals surface area contributed by atoms with Crippen molar-refractivity contribution >= 4 is 16.0 Å². The Bertz CT molecular complexity index is 679. The molecule has 122 valence electrons. The van der Waals surface area contributed by atoms with E-state index in [4.69, 9.17) is 9.84 Å². The predicted octanol–water partition coefficient (Wildman–Crippen LogP) is 1.76. The third kappa shape index (κ3) is 2.86. The molecule has 1 aliphatic rings. The first-order chi connectivity index (χ1) is 10.2. The van der Waals surface area contributed by atoms with Crippen LogP contribution in [0.25, 0.3) is 0 Å². The highest BCUT2D eigenvalue weighted by Crippen LogP contribution is 2.38. The first-order valence-corrected chi connectivity index (χ1v) is 8.31. The van der Waals surface area contributed by atoms with Crippen molar-refractivity contribution in [2.45, 2.75) is 42.7 Å². The summed E-state index contributed by atoms with van der Waals surface area (Å²) in [7, 11) is -2.67. The minimum Gasteiger partial charge on any atom is -0.478 e. The Morgan fingerprint density at radius 1 is 1.45 bits per heavy atom. The Kier molecular flexibility index (Phi) is 4.55. The van der Waals surface area contributed by atoms with E-state index in [1.807, 2.05) is 0 Å². The Hall–Kier alpha value is -1.51. The van der Waals surface area contributed by atoms with Gasteiger partial charge < -0.3 is 9.84 Å². The fourth-order valence-corrected chi connectivity index (χ4v) is 4.04. The summed E-state index contributed by atoms with van der Waals surface area (Å²) in [6, 6.07) is 2.70. The van der Waals surface area contributed by atoms with Crippen LogP contribution >= 0.6 is 0 Å². The van der Waals surface area contributed by atoms with Crippen LogP contribution in [0.1, 0.15) is 36.5 Å². The number of nitrogens with one attached hydrogen (secondary N) is 1. The number of benzene rings is 1. The van der Waals surface area contributed by atoms with Gasteiger partial charge in [0.15, 0.2) is 5.82 Å². The second-order valence-corrected chi connectivity index (χ2v) is 7.07. The van der Waals surface area contributed by atoms with Crippen LogP contribution in [0, 0.1) is 5.82 Å². The molecule has 0 aromatic heterocycles. The Labute approximate surface area is 128 Å². The predicted molar refractivity (Wildman–Crippen MR) is 76.7 cm³/mol.